The number of hydrogen-bond acceptors (Lipinski definition) is 15. The number of pyridine rings is 1. The summed E-state index contributed by atoms with van der Waals surface area (Å²) < 4.78 is 0.618. The molecule has 3 atom stereocenters. The maximum atomic E-state index is 13.6. The second-order valence-electron chi connectivity index (χ2n) is 18.1. The lowest BCUT2D eigenvalue weighted by Gasteiger charge is -2.38. The highest BCUT2D eigenvalue weighted by atomic mass is 79.9. The van der Waals surface area contributed by atoms with Crippen molar-refractivity contribution >= 4 is 92.4 Å². The average Bonchev–Trinajstić information content (AvgIpc) is 3.32. The van der Waals surface area contributed by atoms with E-state index in [-0.39, 0.29) is 70.5 Å². The number of unbranched alkanes of at least 4 members (excludes halogenated alkanes) is 2. The molecule has 1 aliphatic rings. The van der Waals surface area contributed by atoms with Crippen LogP contribution < -0.4 is 44.2 Å². The lowest BCUT2D eigenvalue weighted by atomic mass is 10.0. The molecule has 1 saturated heterocycles. The number of aliphatic carboxylic acids is 3. The highest BCUT2D eigenvalue weighted by molar-refractivity contribution is 9.10. The number of carboxylic acids is 3. The standard InChI is InChI=1S/C47H71BrN14O12S/c48-37-13-9-32(24-54-37)25-62(16-4-2-5-35(44(70)71)56-46(74)57-36(45(72)73)12-14-43(68)69)42(67)6-1-3-15-53-47(75)55-33-10-7-31(8-11-33)23-34-26-60(29-40(51)65)20-19-58(27-38(49)63)17-18-59(28-39(50)64)21-22-61(34)30-41(52)66/h7-11,13,24,34-36H,1-6,12,14-23,25-30H2,(H2,49,63)(H2,50,64)(H2,51,65)(H2,52,66)(H,68,69)(H,70,71)(H,72,73)(H2,53,55,75)(H2,56,57,74)/t34?,35-,36-/m0/s1. The van der Waals surface area contributed by atoms with Crippen LogP contribution >= 0.6 is 28.1 Å². The topological polar surface area (TPSA) is 396 Å². The summed E-state index contributed by atoms with van der Waals surface area (Å²) in [6.45, 7) is 3.23. The monoisotopic (exact) mass is 1130 g/mol. The van der Waals surface area contributed by atoms with E-state index in [1.54, 1.807) is 17.2 Å². The van der Waals surface area contributed by atoms with E-state index in [0.29, 0.717) is 93.4 Å². The van der Waals surface area contributed by atoms with E-state index < -0.39 is 72.5 Å². The molecule has 0 radical (unpaired) electrons. The summed E-state index contributed by atoms with van der Waals surface area (Å²) in [5.74, 6) is -6.37. The summed E-state index contributed by atoms with van der Waals surface area (Å²) in [5.41, 5.74) is 24.9. The zero-order valence-corrected chi connectivity index (χ0v) is 44.2. The van der Waals surface area contributed by atoms with Crippen LogP contribution in [0.2, 0.25) is 0 Å². The molecule has 1 aromatic carbocycles. The fourth-order valence-corrected chi connectivity index (χ4v) is 8.66. The Morgan fingerprint density at radius 2 is 1.23 bits per heavy atom. The van der Waals surface area contributed by atoms with Gasteiger partial charge in [0.05, 0.1) is 26.2 Å². The van der Waals surface area contributed by atoms with Gasteiger partial charge in [0.15, 0.2) is 5.11 Å². The SMILES string of the molecule is NC(=O)CN1CCN(CC(N)=O)CCN(CC(N)=O)C(Cc2ccc(NC(=S)NCCCCC(=O)N(CCCC[C@H](NC(=O)N[C@@H](CCC(=O)O)C(=O)O)C(=O)O)Cc3ccc(Br)nc3)cc2)CN(CC(N)=O)CC1. The number of halogens is 1. The molecular weight excluding hydrogens is 1060 g/mol. The fraction of sp³-hybridized carbons (Fsp3) is 0.553. The van der Waals surface area contributed by atoms with Gasteiger partial charge in [-0.2, -0.15) is 0 Å². The normalized spacial score (nSPS) is 15.9. The molecule has 414 valence electrons. The molecule has 3 rings (SSSR count). The van der Waals surface area contributed by atoms with Gasteiger partial charge in [-0.25, -0.2) is 19.4 Å². The van der Waals surface area contributed by atoms with Crippen molar-refractivity contribution in [2.24, 2.45) is 22.9 Å². The molecule has 75 heavy (non-hydrogen) atoms. The van der Waals surface area contributed by atoms with E-state index in [4.69, 9.17) is 40.3 Å². The van der Waals surface area contributed by atoms with Crippen LogP contribution in [-0.2, 0) is 51.3 Å². The van der Waals surface area contributed by atoms with Crippen molar-refractivity contribution in [2.75, 3.05) is 90.4 Å². The summed E-state index contributed by atoms with van der Waals surface area (Å²) >= 11 is 8.87. The number of carbonyl (C=O) groups excluding carboxylic acids is 6. The average molecular weight is 1140 g/mol. The lowest BCUT2D eigenvalue weighted by molar-refractivity contribution is -0.141. The number of carboxylic acid groups (broad SMARTS) is 3. The van der Waals surface area contributed by atoms with Crippen molar-refractivity contribution < 1.29 is 58.5 Å². The number of hydrogen-bond donors (Lipinski definition) is 11. The fourth-order valence-electron chi connectivity index (χ4n) is 8.21. The number of nitrogens with zero attached hydrogens (tertiary/aromatic N) is 6. The minimum atomic E-state index is -1.53. The molecule has 1 aromatic heterocycles. The Bertz CT molecular complexity index is 2250. The molecule has 0 bridgehead atoms. The number of urea groups is 1. The van der Waals surface area contributed by atoms with Crippen LogP contribution in [0.3, 0.4) is 0 Å². The van der Waals surface area contributed by atoms with Crippen molar-refractivity contribution in [3.63, 3.8) is 0 Å². The summed E-state index contributed by atoms with van der Waals surface area (Å²) in [6.07, 6.45) is 3.10. The Morgan fingerprint density at radius 3 is 1.77 bits per heavy atom. The number of primary amides is 4. The Morgan fingerprint density at radius 1 is 0.680 bits per heavy atom. The van der Waals surface area contributed by atoms with Gasteiger partial charge in [0.25, 0.3) is 0 Å². The van der Waals surface area contributed by atoms with E-state index in [1.165, 1.54) is 0 Å². The number of nitrogens with two attached hydrogens (primary N) is 4. The predicted molar refractivity (Wildman–Crippen MR) is 282 cm³/mol. The van der Waals surface area contributed by atoms with Crippen molar-refractivity contribution in [3.8, 4) is 0 Å². The molecular formula is C47H71BrN14O12S. The van der Waals surface area contributed by atoms with Gasteiger partial charge in [-0.1, -0.05) is 18.2 Å². The predicted octanol–water partition coefficient (Wildman–Crippen LogP) is -1.36. The smallest absolute Gasteiger partial charge is 0.326 e. The molecule has 1 aliphatic heterocycles. The number of aromatic nitrogens is 1. The number of carbonyl (C=O) groups is 9. The Balaban J connectivity index is 1.58. The molecule has 2 heterocycles. The van der Waals surface area contributed by atoms with Crippen LogP contribution in [0.5, 0.6) is 0 Å². The maximum Gasteiger partial charge on any atom is 0.326 e. The lowest BCUT2D eigenvalue weighted by Crippen LogP contribution is -2.54. The van der Waals surface area contributed by atoms with Crippen molar-refractivity contribution in [3.05, 3.63) is 58.3 Å². The second-order valence-corrected chi connectivity index (χ2v) is 19.4. The van der Waals surface area contributed by atoms with Crippen molar-refractivity contribution in [2.45, 2.75) is 82.5 Å². The first-order valence-electron chi connectivity index (χ1n) is 24.4. The van der Waals surface area contributed by atoms with Crippen LogP contribution in [0.15, 0.2) is 47.2 Å². The molecule has 0 aliphatic carbocycles. The van der Waals surface area contributed by atoms with E-state index in [1.807, 2.05) is 49.9 Å². The highest BCUT2D eigenvalue weighted by Gasteiger charge is 2.28. The largest absolute Gasteiger partial charge is 0.481 e. The van der Waals surface area contributed by atoms with Crippen LogP contribution in [-0.4, -0.2) is 207 Å². The molecule has 26 nitrogen and oxygen atoms in total. The number of amides is 7. The van der Waals surface area contributed by atoms with E-state index in [2.05, 4.69) is 42.2 Å². The maximum absolute atomic E-state index is 13.6. The number of anilines is 1. The van der Waals surface area contributed by atoms with Crippen LogP contribution in [0.1, 0.15) is 62.5 Å². The molecule has 0 spiro atoms. The minimum absolute atomic E-state index is 0.0277. The summed E-state index contributed by atoms with van der Waals surface area (Å²) in [5, 5.41) is 38.9. The minimum Gasteiger partial charge on any atom is -0.481 e. The third kappa shape index (κ3) is 26.5. The zero-order valence-electron chi connectivity index (χ0n) is 41.8. The second kappa shape index (κ2) is 33.4. The first kappa shape index (κ1) is 62.7. The molecule has 2 aromatic rings. The number of nitrogens with one attached hydrogen (secondary N) is 4. The van der Waals surface area contributed by atoms with E-state index in [0.717, 1.165) is 11.1 Å². The molecule has 1 fully saturated rings. The Kier molecular flexibility index (Phi) is 27.9. The number of thiocarbonyl (C=S) groups is 1. The van der Waals surface area contributed by atoms with Crippen LogP contribution in [0, 0.1) is 0 Å². The van der Waals surface area contributed by atoms with Gasteiger partial charge in [0.2, 0.25) is 29.5 Å². The molecule has 28 heteroatoms. The van der Waals surface area contributed by atoms with E-state index >= 15 is 0 Å². The highest BCUT2D eigenvalue weighted by Crippen LogP contribution is 2.17. The molecule has 1 unspecified atom stereocenters. The summed E-state index contributed by atoms with van der Waals surface area (Å²) in [4.78, 5) is 122. The first-order valence-corrected chi connectivity index (χ1v) is 25.6. The van der Waals surface area contributed by atoms with Gasteiger partial charge < -0.3 is 64.4 Å². The first-order chi connectivity index (χ1) is 35.6. The van der Waals surface area contributed by atoms with Gasteiger partial charge in [0.1, 0.15) is 16.7 Å². The van der Waals surface area contributed by atoms with Gasteiger partial charge in [-0.3, -0.25) is 48.4 Å². The van der Waals surface area contributed by atoms with Gasteiger partial charge in [0, 0.05) is 96.2 Å². The Hall–Kier alpha value is -6.59. The molecule has 7 amide bonds. The van der Waals surface area contributed by atoms with Crippen LogP contribution in [0.25, 0.3) is 0 Å². The van der Waals surface area contributed by atoms with Crippen LogP contribution in [0.4, 0.5) is 10.5 Å². The zero-order chi connectivity index (χ0) is 55.5. The summed E-state index contributed by atoms with van der Waals surface area (Å²) in [6, 6.07) is 6.76. The van der Waals surface area contributed by atoms with Crippen molar-refractivity contribution in [1.82, 2.24) is 45.4 Å². The van der Waals surface area contributed by atoms with Gasteiger partial charge in [-0.05, 0) is 102 Å². The summed E-state index contributed by atoms with van der Waals surface area (Å²) in [7, 11) is 0. The molecule has 0 saturated carbocycles. The van der Waals surface area contributed by atoms with Gasteiger partial charge in [-0.15, -0.1) is 0 Å². The van der Waals surface area contributed by atoms with Crippen molar-refractivity contribution in [1.29, 1.82) is 0 Å². The van der Waals surface area contributed by atoms with E-state index in [9.17, 15) is 53.4 Å². The van der Waals surface area contributed by atoms with Gasteiger partial charge >= 0.3 is 23.9 Å². The molecule has 15 N–H and O–H groups in total. The third-order valence-electron chi connectivity index (χ3n) is 12.0. The Labute approximate surface area is 448 Å². The number of benzene rings is 1. The third-order valence-corrected chi connectivity index (χ3v) is 12.7. The quantitative estimate of drug-likeness (QED) is 0.0245. The number of rotatable bonds is 30.